The minimum Gasteiger partial charge on any atom is -0.466 e. The third kappa shape index (κ3) is 30.7. The second kappa shape index (κ2) is 32.3. The lowest BCUT2D eigenvalue weighted by Gasteiger charge is -2.33. The molecule has 0 aliphatic carbocycles. The van der Waals surface area contributed by atoms with E-state index < -0.39 is 0 Å². The highest BCUT2D eigenvalue weighted by Crippen LogP contribution is 2.14. The van der Waals surface area contributed by atoms with Crippen molar-refractivity contribution in [2.24, 2.45) is 0 Å². The van der Waals surface area contributed by atoms with Gasteiger partial charge in [0.25, 0.3) is 0 Å². The number of carbonyl (C=O) groups is 2. The molecule has 0 saturated heterocycles. The first-order valence-electron chi connectivity index (χ1n) is 18.7. The Hall–Kier alpha value is -1.14. The largest absolute Gasteiger partial charge is 0.466 e. The van der Waals surface area contributed by atoms with Gasteiger partial charge in [0.2, 0.25) is 0 Å². The maximum atomic E-state index is 12.3. The summed E-state index contributed by atoms with van der Waals surface area (Å²) in [6.45, 7) is 7.16. The fourth-order valence-corrected chi connectivity index (χ4v) is 5.70. The van der Waals surface area contributed by atoms with Crippen molar-refractivity contribution in [2.75, 3.05) is 46.5 Å². The van der Waals surface area contributed by atoms with Crippen molar-refractivity contribution >= 4 is 11.9 Å². The number of esters is 2. The quantitative estimate of drug-likeness (QED) is 0.0445. The Kier molecular flexibility index (Phi) is 31.4. The zero-order valence-electron chi connectivity index (χ0n) is 29.2. The van der Waals surface area contributed by atoms with Crippen LogP contribution in [0.4, 0.5) is 0 Å². The number of aliphatic hydroxyl groups excluding tert-OH is 1. The van der Waals surface area contributed by atoms with E-state index in [-0.39, 0.29) is 18.5 Å². The number of likely N-dealkylation sites (N-methyl/N-ethyl adjacent to an activating group) is 1. The highest BCUT2D eigenvalue weighted by molar-refractivity contribution is 5.70. The Bertz CT molecular complexity index is 566. The zero-order valence-corrected chi connectivity index (χ0v) is 29.2. The third-order valence-corrected chi connectivity index (χ3v) is 8.87. The van der Waals surface area contributed by atoms with Gasteiger partial charge < -0.3 is 19.1 Å². The first kappa shape index (κ1) is 41.9. The molecule has 6 nitrogen and oxygen atoms in total. The molecule has 0 spiro atoms. The molecule has 0 saturated carbocycles. The van der Waals surface area contributed by atoms with Gasteiger partial charge in [0.15, 0.2) is 0 Å². The summed E-state index contributed by atoms with van der Waals surface area (Å²) in [6.07, 6.45) is 31.5. The fourth-order valence-electron chi connectivity index (χ4n) is 5.70. The van der Waals surface area contributed by atoms with Crippen molar-refractivity contribution in [1.29, 1.82) is 0 Å². The van der Waals surface area contributed by atoms with Crippen LogP contribution >= 0.6 is 0 Å². The van der Waals surface area contributed by atoms with Crippen molar-refractivity contribution in [3.05, 3.63) is 0 Å². The zero-order chi connectivity index (χ0) is 31.7. The molecule has 0 atom stereocenters. The van der Waals surface area contributed by atoms with E-state index in [4.69, 9.17) is 9.47 Å². The molecule has 0 aliphatic heterocycles. The smallest absolute Gasteiger partial charge is 0.311 e. The number of hydrogen-bond donors (Lipinski definition) is 1. The summed E-state index contributed by atoms with van der Waals surface area (Å²) >= 11 is 0. The van der Waals surface area contributed by atoms with Gasteiger partial charge in [0.05, 0.1) is 52.8 Å². The van der Waals surface area contributed by atoms with Crippen LogP contribution in [-0.2, 0) is 19.1 Å². The molecule has 0 radical (unpaired) electrons. The van der Waals surface area contributed by atoms with Crippen molar-refractivity contribution in [1.82, 2.24) is 0 Å². The van der Waals surface area contributed by atoms with Crippen molar-refractivity contribution < 1.29 is 28.7 Å². The van der Waals surface area contributed by atoms with E-state index in [0.29, 0.717) is 50.2 Å². The van der Waals surface area contributed by atoms with Gasteiger partial charge in [-0.05, 0) is 12.8 Å². The Morgan fingerprint density at radius 3 is 1.02 bits per heavy atom. The lowest BCUT2D eigenvalue weighted by atomic mass is 10.1. The van der Waals surface area contributed by atoms with Crippen LogP contribution in [0.2, 0.25) is 0 Å². The molecule has 0 amide bonds. The fraction of sp³-hybridized carbons (Fsp3) is 0.946. The third-order valence-electron chi connectivity index (χ3n) is 8.87. The average Bonchev–Trinajstić information content (AvgIpc) is 3.00. The van der Waals surface area contributed by atoms with E-state index in [1.165, 1.54) is 128 Å². The number of quaternary nitrogens is 1. The summed E-state index contributed by atoms with van der Waals surface area (Å²) in [5.74, 6) is -0.361. The highest BCUT2D eigenvalue weighted by atomic mass is 16.5. The molecule has 256 valence electrons. The van der Waals surface area contributed by atoms with E-state index in [9.17, 15) is 14.7 Å². The number of ether oxygens (including phenoxy) is 2. The number of carbonyl (C=O) groups excluding carboxylic acids is 2. The van der Waals surface area contributed by atoms with Crippen molar-refractivity contribution in [3.63, 3.8) is 0 Å². The van der Waals surface area contributed by atoms with Gasteiger partial charge in [-0.25, -0.2) is 0 Å². The Labute approximate surface area is 267 Å². The topological polar surface area (TPSA) is 72.8 Å². The number of aliphatic hydroxyl groups is 1. The first-order chi connectivity index (χ1) is 21.0. The van der Waals surface area contributed by atoms with Crippen molar-refractivity contribution in [3.8, 4) is 0 Å². The SMILES string of the molecule is CCCCCCCCCCCCCCOC(=O)CC[N+](C)(CCO)CCC(=O)OCCCCCCCCCCCCCC. The van der Waals surface area contributed by atoms with Crippen LogP contribution in [0.15, 0.2) is 0 Å². The maximum absolute atomic E-state index is 12.3. The monoisotopic (exact) mass is 613 g/mol. The highest BCUT2D eigenvalue weighted by Gasteiger charge is 2.24. The summed E-state index contributed by atoms with van der Waals surface area (Å²) in [7, 11) is 1.99. The van der Waals surface area contributed by atoms with Crippen molar-refractivity contribution in [2.45, 2.75) is 181 Å². The van der Waals surface area contributed by atoms with Crippen LogP contribution in [-0.4, -0.2) is 68.0 Å². The molecule has 0 bridgehead atoms. The molecule has 6 heteroatoms. The van der Waals surface area contributed by atoms with Crippen LogP contribution in [0.3, 0.4) is 0 Å². The standard InChI is InChI=1S/C37H74NO5/c1-4-6-8-10-12-14-16-18-20-22-24-26-34-42-36(40)28-30-38(3,32-33-39)31-29-37(41)43-35-27-25-23-21-19-17-15-13-11-9-7-5-2/h39H,4-35H2,1-3H3/q+1. The molecule has 0 unspecified atom stereocenters. The molecule has 0 aromatic heterocycles. The maximum Gasteiger partial charge on any atom is 0.311 e. The van der Waals surface area contributed by atoms with Crippen LogP contribution in [0.25, 0.3) is 0 Å². The van der Waals surface area contributed by atoms with Gasteiger partial charge in [-0.15, -0.1) is 0 Å². The van der Waals surface area contributed by atoms with Gasteiger partial charge >= 0.3 is 11.9 Å². The number of nitrogens with zero attached hydrogens (tertiary/aromatic N) is 1. The van der Waals surface area contributed by atoms with E-state index in [1.807, 2.05) is 7.05 Å². The average molecular weight is 613 g/mol. The van der Waals surface area contributed by atoms with Crippen LogP contribution in [0.1, 0.15) is 181 Å². The van der Waals surface area contributed by atoms with Gasteiger partial charge in [-0.3, -0.25) is 9.59 Å². The molecule has 0 aromatic carbocycles. The van der Waals surface area contributed by atoms with E-state index >= 15 is 0 Å². The molecular weight excluding hydrogens is 538 g/mol. The second-order valence-corrected chi connectivity index (χ2v) is 13.2. The molecule has 0 aliphatic rings. The molecule has 1 N–H and O–H groups in total. The van der Waals surface area contributed by atoms with E-state index in [0.717, 1.165) is 25.7 Å². The van der Waals surface area contributed by atoms with Crippen LogP contribution in [0.5, 0.6) is 0 Å². The molecule has 0 aromatic rings. The Balaban J connectivity index is 3.76. The van der Waals surface area contributed by atoms with Gasteiger partial charge in [0.1, 0.15) is 6.54 Å². The second-order valence-electron chi connectivity index (χ2n) is 13.2. The van der Waals surface area contributed by atoms with Gasteiger partial charge in [0, 0.05) is 0 Å². The number of unbranched alkanes of at least 4 members (excludes halogenated alkanes) is 22. The predicted octanol–water partition coefficient (Wildman–Crippen LogP) is 9.69. The normalized spacial score (nSPS) is 11.6. The molecular formula is C37H74NO5+. The Morgan fingerprint density at radius 2 is 0.744 bits per heavy atom. The summed E-state index contributed by atoms with van der Waals surface area (Å²) in [6, 6.07) is 0. The Morgan fingerprint density at radius 1 is 0.465 bits per heavy atom. The van der Waals surface area contributed by atoms with Crippen LogP contribution < -0.4 is 0 Å². The summed E-state index contributed by atoms with van der Waals surface area (Å²) in [5.41, 5.74) is 0. The lowest BCUT2D eigenvalue weighted by Crippen LogP contribution is -2.48. The molecule has 0 rings (SSSR count). The van der Waals surface area contributed by atoms with E-state index in [1.54, 1.807) is 0 Å². The predicted molar refractivity (Wildman–Crippen MR) is 181 cm³/mol. The minimum absolute atomic E-state index is 0.0261. The summed E-state index contributed by atoms with van der Waals surface area (Å²) in [5, 5.41) is 9.56. The number of rotatable bonds is 34. The molecule has 0 fully saturated rings. The lowest BCUT2D eigenvalue weighted by molar-refractivity contribution is -0.908. The van der Waals surface area contributed by atoms with Gasteiger partial charge in [-0.2, -0.15) is 0 Å². The first-order valence-corrected chi connectivity index (χ1v) is 18.7. The number of hydrogen-bond acceptors (Lipinski definition) is 5. The minimum atomic E-state index is -0.181. The molecule has 43 heavy (non-hydrogen) atoms. The molecule has 0 heterocycles. The van der Waals surface area contributed by atoms with E-state index in [2.05, 4.69) is 13.8 Å². The van der Waals surface area contributed by atoms with Gasteiger partial charge in [-0.1, -0.05) is 155 Å². The summed E-state index contributed by atoms with van der Waals surface area (Å²) < 4.78 is 11.4. The van der Waals surface area contributed by atoms with Crippen LogP contribution in [0, 0.1) is 0 Å². The summed E-state index contributed by atoms with van der Waals surface area (Å²) in [4.78, 5) is 24.6.